The number of hydrogen-bond acceptors (Lipinski definition) is 3. The zero-order valence-corrected chi connectivity index (χ0v) is 12.5. The molecule has 1 aromatic rings. The number of Topliss-reactive ketones (excluding diaryl/α,β-unsaturated/α-hetero) is 3. The second-order valence-electron chi connectivity index (χ2n) is 7.08. The molecule has 0 spiro atoms. The molecule has 3 rings (SSSR count). The Hall–Kier alpha value is -1.77. The molecule has 0 aromatic heterocycles. The lowest BCUT2D eigenvalue weighted by Crippen LogP contribution is -2.42. The van der Waals surface area contributed by atoms with Crippen molar-refractivity contribution in [1.82, 2.24) is 0 Å². The minimum absolute atomic E-state index is 0.0235. The van der Waals surface area contributed by atoms with Crippen molar-refractivity contribution in [2.24, 2.45) is 17.3 Å². The number of hydrogen-bond donors (Lipinski definition) is 0. The van der Waals surface area contributed by atoms with Crippen LogP contribution in [0.2, 0.25) is 0 Å². The normalized spacial score (nSPS) is 25.8. The van der Waals surface area contributed by atoms with Gasteiger partial charge in [-0.25, -0.2) is 0 Å². The minimum Gasteiger partial charge on any atom is -0.293 e. The van der Waals surface area contributed by atoms with Gasteiger partial charge < -0.3 is 0 Å². The van der Waals surface area contributed by atoms with Crippen molar-refractivity contribution in [3.05, 3.63) is 35.4 Å². The molecule has 0 bridgehead atoms. The highest BCUT2D eigenvalue weighted by Crippen LogP contribution is 2.43. The molecule has 3 heteroatoms. The molecule has 0 amide bonds. The van der Waals surface area contributed by atoms with Crippen LogP contribution < -0.4 is 0 Å². The largest absolute Gasteiger partial charge is 0.293 e. The predicted octanol–water partition coefficient (Wildman–Crippen LogP) is 3.47. The molecule has 0 saturated heterocycles. The van der Waals surface area contributed by atoms with Crippen molar-refractivity contribution < 1.29 is 14.4 Å². The SMILES string of the molecule is CC1(C)CCC(C2C(=O)C(=O)c3ccccc3C2=O)CC1. The van der Waals surface area contributed by atoms with Gasteiger partial charge in [0.25, 0.3) is 0 Å². The van der Waals surface area contributed by atoms with E-state index in [0.717, 1.165) is 25.7 Å². The fourth-order valence-electron chi connectivity index (χ4n) is 3.64. The topological polar surface area (TPSA) is 51.2 Å². The van der Waals surface area contributed by atoms with Crippen molar-refractivity contribution in [2.75, 3.05) is 0 Å². The van der Waals surface area contributed by atoms with E-state index in [2.05, 4.69) is 13.8 Å². The molecule has 2 aliphatic rings. The average molecular weight is 284 g/mol. The Labute approximate surface area is 124 Å². The molecular weight excluding hydrogens is 264 g/mol. The van der Waals surface area contributed by atoms with Crippen molar-refractivity contribution in [2.45, 2.75) is 39.5 Å². The van der Waals surface area contributed by atoms with Crippen molar-refractivity contribution in [1.29, 1.82) is 0 Å². The van der Waals surface area contributed by atoms with Crippen LogP contribution in [0.3, 0.4) is 0 Å². The van der Waals surface area contributed by atoms with E-state index >= 15 is 0 Å². The van der Waals surface area contributed by atoms with Crippen LogP contribution >= 0.6 is 0 Å². The van der Waals surface area contributed by atoms with Crippen LogP contribution in [0.25, 0.3) is 0 Å². The van der Waals surface area contributed by atoms with Crippen LogP contribution in [0.4, 0.5) is 0 Å². The van der Waals surface area contributed by atoms with Crippen molar-refractivity contribution in [3.63, 3.8) is 0 Å². The maximum Gasteiger partial charge on any atom is 0.230 e. The third-order valence-electron chi connectivity index (χ3n) is 5.08. The van der Waals surface area contributed by atoms with Gasteiger partial charge in [-0.3, -0.25) is 14.4 Å². The number of carbonyl (C=O) groups is 3. The average Bonchev–Trinajstić information content (AvgIpc) is 2.47. The first kappa shape index (κ1) is 14.2. The predicted molar refractivity (Wildman–Crippen MR) is 79.3 cm³/mol. The van der Waals surface area contributed by atoms with Crippen LogP contribution in [0.15, 0.2) is 24.3 Å². The molecule has 1 saturated carbocycles. The molecule has 21 heavy (non-hydrogen) atoms. The summed E-state index contributed by atoms with van der Waals surface area (Å²) in [6.45, 7) is 4.43. The standard InChI is InChI=1S/C18H20O3/c1-18(2)9-7-11(8-10-18)14-15(19)12-5-3-4-6-13(12)16(20)17(14)21/h3-6,11,14H,7-10H2,1-2H3. The maximum absolute atomic E-state index is 12.7. The third kappa shape index (κ3) is 2.35. The lowest BCUT2D eigenvalue weighted by molar-refractivity contribution is -0.119. The van der Waals surface area contributed by atoms with Gasteiger partial charge in [0.2, 0.25) is 11.6 Å². The molecule has 1 atom stereocenters. The number of ketones is 3. The lowest BCUT2D eigenvalue weighted by atomic mass is 9.65. The Morgan fingerprint density at radius 2 is 1.48 bits per heavy atom. The molecule has 1 unspecified atom stereocenters. The van der Waals surface area contributed by atoms with Gasteiger partial charge in [0.05, 0.1) is 5.92 Å². The first-order chi connectivity index (χ1) is 9.91. The van der Waals surface area contributed by atoms with Gasteiger partial charge in [-0.15, -0.1) is 0 Å². The minimum atomic E-state index is -0.747. The fourth-order valence-corrected chi connectivity index (χ4v) is 3.64. The van der Waals surface area contributed by atoms with E-state index in [1.165, 1.54) is 0 Å². The number of benzene rings is 1. The zero-order chi connectivity index (χ0) is 15.2. The monoisotopic (exact) mass is 284 g/mol. The number of rotatable bonds is 1. The first-order valence-electron chi connectivity index (χ1n) is 7.62. The summed E-state index contributed by atoms with van der Waals surface area (Å²) in [7, 11) is 0. The van der Waals surface area contributed by atoms with Crippen LogP contribution in [0.1, 0.15) is 60.2 Å². The molecule has 110 valence electrons. The van der Waals surface area contributed by atoms with Gasteiger partial charge in [0, 0.05) is 11.1 Å². The van der Waals surface area contributed by atoms with Crippen molar-refractivity contribution in [3.8, 4) is 0 Å². The van der Waals surface area contributed by atoms with Crippen LogP contribution in [0.5, 0.6) is 0 Å². The van der Waals surface area contributed by atoms with E-state index in [1.807, 2.05) is 0 Å². The summed E-state index contributed by atoms with van der Waals surface area (Å²) in [5.41, 5.74) is 0.982. The summed E-state index contributed by atoms with van der Waals surface area (Å²) in [5.74, 6) is -1.86. The third-order valence-corrected chi connectivity index (χ3v) is 5.08. The van der Waals surface area contributed by atoms with Crippen LogP contribution in [-0.4, -0.2) is 17.3 Å². The summed E-state index contributed by atoms with van der Waals surface area (Å²) in [4.78, 5) is 37.3. The van der Waals surface area contributed by atoms with Crippen LogP contribution in [0, 0.1) is 17.3 Å². The molecular formula is C18H20O3. The molecule has 0 aliphatic heterocycles. The molecule has 2 aliphatic carbocycles. The molecule has 3 nitrogen and oxygen atoms in total. The Morgan fingerprint density at radius 3 is 2.10 bits per heavy atom. The van der Waals surface area contributed by atoms with E-state index in [4.69, 9.17) is 0 Å². The summed E-state index contributed by atoms with van der Waals surface area (Å²) >= 11 is 0. The Bertz CT molecular complexity index is 617. The van der Waals surface area contributed by atoms with Crippen LogP contribution in [-0.2, 0) is 4.79 Å². The highest BCUT2D eigenvalue weighted by atomic mass is 16.2. The van der Waals surface area contributed by atoms with Gasteiger partial charge in [-0.2, -0.15) is 0 Å². The van der Waals surface area contributed by atoms with Gasteiger partial charge in [0.1, 0.15) is 0 Å². The highest BCUT2D eigenvalue weighted by molar-refractivity contribution is 6.51. The zero-order valence-electron chi connectivity index (χ0n) is 12.5. The van der Waals surface area contributed by atoms with E-state index < -0.39 is 17.5 Å². The molecule has 1 aromatic carbocycles. The fraction of sp³-hybridized carbons (Fsp3) is 0.500. The van der Waals surface area contributed by atoms with E-state index in [-0.39, 0.29) is 22.7 Å². The Kier molecular flexibility index (Phi) is 3.31. The van der Waals surface area contributed by atoms with Gasteiger partial charge in [-0.1, -0.05) is 38.1 Å². The second kappa shape index (κ2) is 4.90. The summed E-state index contributed by atoms with van der Waals surface area (Å²) in [6, 6.07) is 6.69. The molecule has 1 fully saturated rings. The smallest absolute Gasteiger partial charge is 0.230 e. The van der Waals surface area contributed by atoms with E-state index in [1.54, 1.807) is 24.3 Å². The maximum atomic E-state index is 12.7. The second-order valence-corrected chi connectivity index (χ2v) is 7.08. The van der Waals surface area contributed by atoms with Gasteiger partial charge in [-0.05, 0) is 37.0 Å². The van der Waals surface area contributed by atoms with E-state index in [9.17, 15) is 14.4 Å². The summed E-state index contributed by atoms with van der Waals surface area (Å²) in [5, 5.41) is 0. The molecule has 0 radical (unpaired) electrons. The molecule has 0 N–H and O–H groups in total. The highest BCUT2D eigenvalue weighted by Gasteiger charge is 2.45. The lowest BCUT2D eigenvalue weighted by Gasteiger charge is -2.37. The quantitative estimate of drug-likeness (QED) is 0.586. The van der Waals surface area contributed by atoms with Gasteiger partial charge in [0.15, 0.2) is 5.78 Å². The Morgan fingerprint density at radius 1 is 0.905 bits per heavy atom. The number of fused-ring (bicyclic) bond motifs is 1. The summed E-state index contributed by atoms with van der Waals surface area (Å²) < 4.78 is 0. The van der Waals surface area contributed by atoms with Gasteiger partial charge >= 0.3 is 0 Å². The summed E-state index contributed by atoms with van der Waals surface area (Å²) in [6.07, 6.45) is 3.71. The van der Waals surface area contributed by atoms with E-state index in [0.29, 0.717) is 5.56 Å². The molecule has 0 heterocycles. The Balaban J connectivity index is 1.92. The number of carbonyl (C=O) groups excluding carboxylic acids is 3. The van der Waals surface area contributed by atoms with Crippen molar-refractivity contribution >= 4 is 17.3 Å². The first-order valence-corrected chi connectivity index (χ1v) is 7.62.